The Labute approximate surface area is 144 Å². The first-order valence-electron chi connectivity index (χ1n) is 5.76. The van der Waals surface area contributed by atoms with Gasteiger partial charge in [0, 0.05) is 13.6 Å². The van der Waals surface area contributed by atoms with Gasteiger partial charge in [0.1, 0.15) is 5.75 Å². The maximum atomic E-state index is 5.50. The number of rotatable bonds is 3. The smallest absolute Gasteiger partial charge is 0.123 e. The fourth-order valence-electron chi connectivity index (χ4n) is 1.89. The predicted octanol–water partition coefficient (Wildman–Crippen LogP) is 5.86. The number of hydrogen-bond acceptors (Lipinski definition) is 1. The van der Waals surface area contributed by atoms with Gasteiger partial charge in [-0.1, -0.05) is 44.0 Å². The Morgan fingerprint density at radius 2 is 1.95 bits per heavy atom. The second kappa shape index (κ2) is 6.59. The molecule has 19 heavy (non-hydrogen) atoms. The van der Waals surface area contributed by atoms with E-state index in [1.54, 1.807) is 7.11 Å². The molecule has 0 aliphatic heterocycles. The zero-order valence-corrected chi connectivity index (χ0v) is 15.9. The lowest BCUT2D eigenvalue weighted by Gasteiger charge is -2.16. The molecule has 2 aromatic rings. The molecule has 0 aliphatic rings. The number of benzene rings is 2. The van der Waals surface area contributed by atoms with Gasteiger partial charge in [-0.2, -0.15) is 0 Å². The van der Waals surface area contributed by atoms with Crippen LogP contribution in [0.3, 0.4) is 0 Å². The minimum Gasteiger partial charge on any atom is -0.496 e. The van der Waals surface area contributed by atoms with Gasteiger partial charge in [-0.05, 0) is 64.9 Å². The highest BCUT2D eigenvalue weighted by Gasteiger charge is 2.17. The largest absolute Gasteiger partial charge is 0.496 e. The number of methoxy groups -OCH3 is 1. The van der Waals surface area contributed by atoms with Gasteiger partial charge < -0.3 is 4.74 Å². The van der Waals surface area contributed by atoms with E-state index in [2.05, 4.69) is 97.8 Å². The molecule has 0 saturated carbocycles. The number of hydrogen-bond donors (Lipinski definition) is 0. The molecule has 0 aromatic heterocycles. The standard InChI is InChI=1S/C15H13Br2IO/c1-9-6-14(19-2)12(8-13(9)16)15(17)10-4-3-5-11(18)7-10/h3-8,15H,1-2H3. The summed E-state index contributed by atoms with van der Waals surface area (Å²) >= 11 is 9.69. The van der Waals surface area contributed by atoms with Crippen LogP contribution in [-0.2, 0) is 0 Å². The fraction of sp³-hybridized carbons (Fsp3) is 0.200. The molecule has 2 rings (SSSR count). The van der Waals surface area contributed by atoms with Gasteiger partial charge in [0.25, 0.3) is 0 Å². The molecule has 0 saturated heterocycles. The number of aryl methyl sites for hydroxylation is 1. The summed E-state index contributed by atoms with van der Waals surface area (Å²) in [6.07, 6.45) is 0. The van der Waals surface area contributed by atoms with Crippen molar-refractivity contribution < 1.29 is 4.74 Å². The van der Waals surface area contributed by atoms with Gasteiger partial charge in [0.05, 0.1) is 11.9 Å². The minimum atomic E-state index is 0.120. The van der Waals surface area contributed by atoms with E-state index in [9.17, 15) is 0 Å². The summed E-state index contributed by atoms with van der Waals surface area (Å²) in [5.41, 5.74) is 3.52. The summed E-state index contributed by atoms with van der Waals surface area (Å²) in [6.45, 7) is 2.06. The van der Waals surface area contributed by atoms with Crippen molar-refractivity contribution in [3.63, 3.8) is 0 Å². The SMILES string of the molecule is COc1cc(C)c(Br)cc1C(Br)c1cccc(I)c1. The van der Waals surface area contributed by atoms with Crippen molar-refractivity contribution in [2.75, 3.05) is 7.11 Å². The highest BCUT2D eigenvalue weighted by Crippen LogP contribution is 2.39. The summed E-state index contributed by atoms with van der Waals surface area (Å²) in [5.74, 6) is 0.904. The lowest BCUT2D eigenvalue weighted by atomic mass is 10.0. The van der Waals surface area contributed by atoms with E-state index in [0.717, 1.165) is 15.8 Å². The first-order valence-corrected chi connectivity index (χ1v) is 8.55. The summed E-state index contributed by atoms with van der Waals surface area (Å²) in [6, 6.07) is 12.6. The molecular weight excluding hydrogens is 483 g/mol. The zero-order chi connectivity index (χ0) is 14.0. The van der Waals surface area contributed by atoms with Crippen LogP contribution in [0.2, 0.25) is 0 Å². The van der Waals surface area contributed by atoms with Crippen LogP contribution < -0.4 is 4.74 Å². The highest BCUT2D eigenvalue weighted by molar-refractivity contribution is 14.1. The summed E-state index contributed by atoms with van der Waals surface area (Å²) in [4.78, 5) is 0.120. The van der Waals surface area contributed by atoms with Crippen molar-refractivity contribution in [1.29, 1.82) is 0 Å². The normalized spacial score (nSPS) is 12.3. The lowest BCUT2D eigenvalue weighted by Crippen LogP contribution is -1.98. The van der Waals surface area contributed by atoms with E-state index < -0.39 is 0 Å². The number of ether oxygens (including phenoxy) is 1. The molecule has 1 unspecified atom stereocenters. The monoisotopic (exact) mass is 494 g/mol. The predicted molar refractivity (Wildman–Crippen MR) is 95.4 cm³/mol. The van der Waals surface area contributed by atoms with Crippen molar-refractivity contribution in [2.45, 2.75) is 11.8 Å². The van der Waals surface area contributed by atoms with Crippen molar-refractivity contribution >= 4 is 54.5 Å². The molecule has 4 heteroatoms. The van der Waals surface area contributed by atoms with Gasteiger partial charge in [-0.15, -0.1) is 0 Å². The van der Waals surface area contributed by atoms with Gasteiger partial charge in [0.2, 0.25) is 0 Å². The molecular formula is C15H13Br2IO. The van der Waals surface area contributed by atoms with Crippen molar-refractivity contribution in [1.82, 2.24) is 0 Å². The van der Waals surface area contributed by atoms with Gasteiger partial charge in [-0.25, -0.2) is 0 Å². The number of alkyl halides is 1. The fourth-order valence-corrected chi connectivity index (χ4v) is 3.46. The second-order valence-corrected chi connectivity index (χ2v) is 7.28. The zero-order valence-electron chi connectivity index (χ0n) is 10.6. The quantitative estimate of drug-likeness (QED) is 0.383. The summed E-state index contributed by atoms with van der Waals surface area (Å²) in [5, 5.41) is 0. The Morgan fingerprint density at radius 3 is 2.58 bits per heavy atom. The van der Waals surface area contributed by atoms with E-state index in [-0.39, 0.29) is 4.83 Å². The third-order valence-corrected chi connectivity index (χ3v) is 5.47. The molecule has 0 fully saturated rings. The number of halogens is 3. The third-order valence-electron chi connectivity index (χ3n) is 2.93. The molecule has 0 amide bonds. The van der Waals surface area contributed by atoms with E-state index in [1.807, 2.05) is 0 Å². The highest BCUT2D eigenvalue weighted by atomic mass is 127. The van der Waals surface area contributed by atoms with Crippen molar-refractivity contribution in [3.05, 3.63) is 61.1 Å². The first-order chi connectivity index (χ1) is 9.02. The van der Waals surface area contributed by atoms with E-state index >= 15 is 0 Å². The first kappa shape index (κ1) is 15.3. The maximum absolute atomic E-state index is 5.50. The average Bonchev–Trinajstić information content (AvgIpc) is 2.40. The Balaban J connectivity index is 2.49. The van der Waals surface area contributed by atoms with Crippen LogP contribution in [0.15, 0.2) is 40.9 Å². The summed E-state index contributed by atoms with van der Waals surface area (Å²) < 4.78 is 7.82. The van der Waals surface area contributed by atoms with Crippen LogP contribution >= 0.6 is 54.5 Å². The maximum Gasteiger partial charge on any atom is 0.123 e. The van der Waals surface area contributed by atoms with Crippen LogP contribution in [0.1, 0.15) is 21.5 Å². The van der Waals surface area contributed by atoms with E-state index in [0.29, 0.717) is 0 Å². The molecule has 100 valence electrons. The lowest BCUT2D eigenvalue weighted by molar-refractivity contribution is 0.410. The van der Waals surface area contributed by atoms with E-state index in [4.69, 9.17) is 4.74 Å². The Hall–Kier alpha value is -0.0700. The molecule has 2 aromatic carbocycles. The molecule has 0 N–H and O–H groups in total. The van der Waals surface area contributed by atoms with Crippen molar-refractivity contribution in [2.24, 2.45) is 0 Å². The molecule has 0 heterocycles. The van der Waals surface area contributed by atoms with Crippen molar-refractivity contribution in [3.8, 4) is 5.75 Å². The minimum absolute atomic E-state index is 0.120. The molecule has 1 nitrogen and oxygen atoms in total. The Bertz CT molecular complexity index is 599. The van der Waals surface area contributed by atoms with Crippen LogP contribution in [0, 0.1) is 10.5 Å². The third kappa shape index (κ3) is 3.52. The molecule has 0 bridgehead atoms. The van der Waals surface area contributed by atoms with E-state index in [1.165, 1.54) is 14.7 Å². The van der Waals surface area contributed by atoms with Crippen LogP contribution in [0.4, 0.5) is 0 Å². The van der Waals surface area contributed by atoms with Crippen LogP contribution in [-0.4, -0.2) is 7.11 Å². The second-order valence-electron chi connectivity index (χ2n) is 4.26. The van der Waals surface area contributed by atoms with Gasteiger partial charge in [-0.3, -0.25) is 0 Å². The molecule has 1 atom stereocenters. The molecule has 0 radical (unpaired) electrons. The topological polar surface area (TPSA) is 9.23 Å². The summed E-state index contributed by atoms with van der Waals surface area (Å²) in [7, 11) is 1.71. The molecule has 0 aliphatic carbocycles. The Kier molecular flexibility index (Phi) is 5.31. The molecule has 0 spiro atoms. The van der Waals surface area contributed by atoms with Crippen LogP contribution in [0.5, 0.6) is 5.75 Å². The van der Waals surface area contributed by atoms with Gasteiger partial charge in [0.15, 0.2) is 0 Å². The Morgan fingerprint density at radius 1 is 1.21 bits per heavy atom. The average molecular weight is 496 g/mol. The van der Waals surface area contributed by atoms with Gasteiger partial charge >= 0.3 is 0 Å². The van der Waals surface area contributed by atoms with Crippen LogP contribution in [0.25, 0.3) is 0 Å².